The second-order valence-corrected chi connectivity index (χ2v) is 4.37. The molecule has 0 aromatic heterocycles. The van der Waals surface area contributed by atoms with Gasteiger partial charge in [-0.1, -0.05) is 6.08 Å². The molecule has 0 spiro atoms. The lowest BCUT2D eigenvalue weighted by atomic mass is 10.3. The van der Waals surface area contributed by atoms with E-state index in [1.54, 1.807) is 29.8 Å². The van der Waals surface area contributed by atoms with Crippen LogP contribution in [0.4, 0.5) is 0 Å². The number of rotatable bonds is 6. The summed E-state index contributed by atoms with van der Waals surface area (Å²) in [5.41, 5.74) is 0. The highest BCUT2D eigenvalue weighted by atomic mass is 32.2. The largest absolute Gasteiger partial charge is 0.383 e. The fraction of sp³-hybridized carbons (Fsp3) is 0.700. The van der Waals surface area contributed by atoms with Crippen LogP contribution in [-0.2, 0) is 9.53 Å². The third-order valence-corrected chi connectivity index (χ3v) is 3.18. The molecule has 1 atom stereocenters. The minimum atomic E-state index is -0.0354. The van der Waals surface area contributed by atoms with Crippen molar-refractivity contribution in [3.05, 3.63) is 12.7 Å². The molecule has 1 amide bonds. The van der Waals surface area contributed by atoms with E-state index in [0.29, 0.717) is 19.7 Å². The van der Waals surface area contributed by atoms with Gasteiger partial charge in [0.1, 0.15) is 0 Å². The Bertz CT molecular complexity index is 217. The number of hydrogen-bond donors (Lipinski definition) is 1. The third kappa shape index (κ3) is 3.85. The standard InChI is InChI=1S/C10H18N2O2S/c1-3-4-12(5-6-14-2)10(13)9-7-15-8-11-9/h3,9,11H,1,4-8H2,2H3. The Morgan fingerprint density at radius 1 is 1.80 bits per heavy atom. The first-order valence-electron chi connectivity index (χ1n) is 4.99. The molecule has 1 heterocycles. The van der Waals surface area contributed by atoms with Crippen molar-refractivity contribution >= 4 is 17.7 Å². The van der Waals surface area contributed by atoms with E-state index < -0.39 is 0 Å². The summed E-state index contributed by atoms with van der Waals surface area (Å²) in [6.07, 6.45) is 1.75. The maximum absolute atomic E-state index is 12.0. The van der Waals surface area contributed by atoms with E-state index in [2.05, 4.69) is 11.9 Å². The highest BCUT2D eigenvalue weighted by Crippen LogP contribution is 2.11. The summed E-state index contributed by atoms with van der Waals surface area (Å²) in [6.45, 7) is 5.44. The van der Waals surface area contributed by atoms with Crippen LogP contribution in [0.2, 0.25) is 0 Å². The summed E-state index contributed by atoms with van der Waals surface area (Å²) >= 11 is 1.75. The lowest BCUT2D eigenvalue weighted by molar-refractivity contribution is -0.132. The van der Waals surface area contributed by atoms with Crippen LogP contribution in [0.15, 0.2) is 12.7 Å². The van der Waals surface area contributed by atoms with E-state index in [1.165, 1.54) is 0 Å². The van der Waals surface area contributed by atoms with Crippen LogP contribution in [0, 0.1) is 0 Å². The molecule has 1 rings (SSSR count). The highest BCUT2D eigenvalue weighted by molar-refractivity contribution is 7.99. The Morgan fingerprint density at radius 3 is 3.13 bits per heavy atom. The number of carbonyl (C=O) groups excluding carboxylic acids is 1. The van der Waals surface area contributed by atoms with Crippen LogP contribution < -0.4 is 5.32 Å². The Hall–Kier alpha value is -0.520. The molecule has 0 bridgehead atoms. The van der Waals surface area contributed by atoms with Gasteiger partial charge in [0.2, 0.25) is 5.91 Å². The summed E-state index contributed by atoms with van der Waals surface area (Å²) in [7, 11) is 1.64. The first-order chi connectivity index (χ1) is 7.29. The lowest BCUT2D eigenvalue weighted by Crippen LogP contribution is -2.46. The van der Waals surface area contributed by atoms with Crippen molar-refractivity contribution < 1.29 is 9.53 Å². The van der Waals surface area contributed by atoms with Crippen LogP contribution in [0.25, 0.3) is 0 Å². The molecular weight excluding hydrogens is 212 g/mol. The number of hydrogen-bond acceptors (Lipinski definition) is 4. The number of amides is 1. The van der Waals surface area contributed by atoms with Gasteiger partial charge in [0.25, 0.3) is 0 Å². The first kappa shape index (κ1) is 12.5. The molecule has 1 fully saturated rings. The van der Waals surface area contributed by atoms with E-state index in [0.717, 1.165) is 11.6 Å². The molecule has 0 aliphatic carbocycles. The highest BCUT2D eigenvalue weighted by Gasteiger charge is 2.26. The molecule has 5 heteroatoms. The molecule has 1 aliphatic heterocycles. The monoisotopic (exact) mass is 230 g/mol. The molecule has 0 aromatic carbocycles. The van der Waals surface area contributed by atoms with E-state index >= 15 is 0 Å². The molecule has 0 aromatic rings. The van der Waals surface area contributed by atoms with Crippen molar-refractivity contribution in [2.45, 2.75) is 6.04 Å². The molecule has 15 heavy (non-hydrogen) atoms. The summed E-state index contributed by atoms with van der Waals surface area (Å²) < 4.78 is 4.98. The number of thioether (sulfide) groups is 1. The number of nitrogens with zero attached hydrogens (tertiary/aromatic N) is 1. The molecule has 86 valence electrons. The van der Waals surface area contributed by atoms with Gasteiger partial charge in [-0.25, -0.2) is 0 Å². The maximum atomic E-state index is 12.0. The summed E-state index contributed by atoms with van der Waals surface area (Å²) in [5.74, 6) is 1.87. The smallest absolute Gasteiger partial charge is 0.240 e. The van der Waals surface area contributed by atoms with Crippen molar-refractivity contribution in [1.82, 2.24) is 10.2 Å². The van der Waals surface area contributed by atoms with Crippen molar-refractivity contribution in [1.29, 1.82) is 0 Å². The number of methoxy groups -OCH3 is 1. The molecule has 1 N–H and O–H groups in total. The second kappa shape index (κ2) is 6.87. The van der Waals surface area contributed by atoms with E-state index in [-0.39, 0.29) is 11.9 Å². The third-order valence-electron chi connectivity index (χ3n) is 2.24. The van der Waals surface area contributed by atoms with Crippen LogP contribution >= 0.6 is 11.8 Å². The van der Waals surface area contributed by atoms with Gasteiger partial charge in [-0.3, -0.25) is 10.1 Å². The van der Waals surface area contributed by atoms with Gasteiger partial charge in [-0.05, 0) is 0 Å². The summed E-state index contributed by atoms with van der Waals surface area (Å²) in [6, 6.07) is -0.0354. The second-order valence-electron chi connectivity index (χ2n) is 3.34. The summed E-state index contributed by atoms with van der Waals surface area (Å²) in [4.78, 5) is 13.8. The van der Waals surface area contributed by atoms with Gasteiger partial charge >= 0.3 is 0 Å². The number of ether oxygens (including phenoxy) is 1. The molecule has 1 saturated heterocycles. The number of nitrogens with one attached hydrogen (secondary N) is 1. The lowest BCUT2D eigenvalue weighted by Gasteiger charge is -2.23. The van der Waals surface area contributed by atoms with Crippen LogP contribution in [-0.4, -0.2) is 55.3 Å². The van der Waals surface area contributed by atoms with Crippen molar-refractivity contribution in [3.63, 3.8) is 0 Å². The minimum Gasteiger partial charge on any atom is -0.383 e. The quantitative estimate of drug-likeness (QED) is 0.667. The SMILES string of the molecule is C=CCN(CCOC)C(=O)C1CSCN1. The topological polar surface area (TPSA) is 41.6 Å². The zero-order valence-corrected chi connectivity index (χ0v) is 9.89. The van der Waals surface area contributed by atoms with Gasteiger partial charge in [-0.2, -0.15) is 0 Å². The predicted octanol–water partition coefficient (Wildman–Crippen LogP) is 0.310. The molecule has 4 nitrogen and oxygen atoms in total. The Kier molecular flexibility index (Phi) is 5.75. The number of carbonyl (C=O) groups is 1. The zero-order chi connectivity index (χ0) is 11.1. The minimum absolute atomic E-state index is 0.0354. The Balaban J connectivity index is 2.45. The van der Waals surface area contributed by atoms with Crippen LogP contribution in [0.1, 0.15) is 0 Å². The van der Waals surface area contributed by atoms with Crippen LogP contribution in [0.5, 0.6) is 0 Å². The summed E-state index contributed by atoms with van der Waals surface area (Å²) in [5, 5.41) is 3.17. The molecular formula is C10H18N2O2S. The van der Waals surface area contributed by atoms with E-state index in [9.17, 15) is 4.79 Å². The molecule has 0 radical (unpaired) electrons. The molecule has 1 unspecified atom stereocenters. The van der Waals surface area contributed by atoms with Gasteiger partial charge < -0.3 is 9.64 Å². The van der Waals surface area contributed by atoms with Gasteiger partial charge in [0.15, 0.2) is 0 Å². The molecule has 1 aliphatic rings. The zero-order valence-electron chi connectivity index (χ0n) is 9.07. The normalized spacial score (nSPS) is 20.2. The Morgan fingerprint density at radius 2 is 2.60 bits per heavy atom. The van der Waals surface area contributed by atoms with Gasteiger partial charge in [0, 0.05) is 31.8 Å². The fourth-order valence-corrected chi connectivity index (χ4v) is 2.36. The van der Waals surface area contributed by atoms with Gasteiger partial charge in [0.05, 0.1) is 12.6 Å². The van der Waals surface area contributed by atoms with E-state index in [4.69, 9.17) is 4.74 Å². The Labute approximate surface area is 95.0 Å². The first-order valence-corrected chi connectivity index (χ1v) is 6.14. The van der Waals surface area contributed by atoms with Gasteiger partial charge in [-0.15, -0.1) is 18.3 Å². The maximum Gasteiger partial charge on any atom is 0.240 e. The average Bonchev–Trinajstić information content (AvgIpc) is 2.76. The van der Waals surface area contributed by atoms with Crippen molar-refractivity contribution in [2.75, 3.05) is 38.4 Å². The average molecular weight is 230 g/mol. The predicted molar refractivity (Wildman–Crippen MR) is 62.9 cm³/mol. The van der Waals surface area contributed by atoms with E-state index in [1.807, 2.05) is 0 Å². The van der Waals surface area contributed by atoms with Crippen molar-refractivity contribution in [3.8, 4) is 0 Å². The van der Waals surface area contributed by atoms with Crippen molar-refractivity contribution in [2.24, 2.45) is 0 Å². The molecule has 0 saturated carbocycles. The fourth-order valence-electron chi connectivity index (χ4n) is 1.42. The van der Waals surface area contributed by atoms with Crippen LogP contribution in [0.3, 0.4) is 0 Å².